The molecule has 0 aromatic heterocycles. The molecule has 0 N–H and O–H groups in total. The van der Waals surface area contributed by atoms with E-state index in [1.54, 1.807) is 44.6 Å². The first-order valence-electron chi connectivity index (χ1n) is 10.1. The van der Waals surface area contributed by atoms with Crippen LogP contribution in [0.5, 0.6) is 17.2 Å². The van der Waals surface area contributed by atoms with Gasteiger partial charge in [-0.25, -0.2) is 0 Å². The van der Waals surface area contributed by atoms with E-state index in [9.17, 15) is 9.59 Å². The van der Waals surface area contributed by atoms with E-state index < -0.39 is 11.8 Å². The minimum absolute atomic E-state index is 0.0619. The minimum Gasteiger partial charge on any atom is -0.493 e. The van der Waals surface area contributed by atoms with E-state index in [-0.39, 0.29) is 17.2 Å². The number of carbonyl (C=O) groups is 2. The Hall–Kier alpha value is -2.99. The van der Waals surface area contributed by atoms with E-state index >= 15 is 0 Å². The Morgan fingerprint density at radius 2 is 1.61 bits per heavy atom. The number of imide groups is 1. The molecular weight excluding hydrogens is 418 g/mol. The van der Waals surface area contributed by atoms with Gasteiger partial charge in [0.1, 0.15) is 10.8 Å². The lowest BCUT2D eigenvalue weighted by molar-refractivity contribution is -0.136. The van der Waals surface area contributed by atoms with Crippen molar-refractivity contribution < 1.29 is 23.8 Å². The molecule has 0 atom stereocenters. The van der Waals surface area contributed by atoms with Crippen molar-refractivity contribution in [1.82, 2.24) is 4.90 Å². The summed E-state index contributed by atoms with van der Waals surface area (Å²) in [7, 11) is 3.13. The number of amides is 2. The summed E-state index contributed by atoms with van der Waals surface area (Å²) in [5.41, 5.74) is 1.72. The fourth-order valence-electron chi connectivity index (χ4n) is 3.26. The average molecular weight is 444 g/mol. The number of methoxy groups -OCH3 is 2. The topological polar surface area (TPSA) is 65.1 Å². The van der Waals surface area contributed by atoms with Crippen LogP contribution in [0.1, 0.15) is 25.0 Å². The molecule has 1 aliphatic rings. The average Bonchev–Trinajstić information content (AvgIpc) is 2.98. The molecule has 0 bridgehead atoms. The fraction of sp³-hybridized carbons (Fsp3) is 0.333. The van der Waals surface area contributed by atoms with Crippen molar-refractivity contribution in [2.45, 2.75) is 20.3 Å². The molecular formula is C24H26ClNO5. The fourth-order valence-corrected chi connectivity index (χ4v) is 3.55. The summed E-state index contributed by atoms with van der Waals surface area (Å²) in [6.45, 7) is 4.95. The van der Waals surface area contributed by atoms with Gasteiger partial charge in [-0.1, -0.05) is 43.6 Å². The van der Waals surface area contributed by atoms with Gasteiger partial charge >= 0.3 is 0 Å². The van der Waals surface area contributed by atoms with Crippen molar-refractivity contribution in [2.24, 2.45) is 5.92 Å². The molecule has 0 saturated carbocycles. The third-order valence-corrected chi connectivity index (χ3v) is 5.26. The molecule has 2 aromatic carbocycles. The molecule has 0 aliphatic carbocycles. The van der Waals surface area contributed by atoms with Crippen LogP contribution in [-0.4, -0.2) is 44.1 Å². The summed E-state index contributed by atoms with van der Waals surface area (Å²) < 4.78 is 16.2. The number of ether oxygens (including phenoxy) is 3. The van der Waals surface area contributed by atoms with Crippen LogP contribution in [0.2, 0.25) is 0 Å². The molecule has 0 radical (unpaired) electrons. The number of rotatable bonds is 9. The minimum atomic E-state index is -0.484. The van der Waals surface area contributed by atoms with Crippen LogP contribution in [0.15, 0.2) is 47.5 Å². The van der Waals surface area contributed by atoms with Crippen molar-refractivity contribution in [3.8, 4) is 17.2 Å². The molecule has 0 saturated heterocycles. The van der Waals surface area contributed by atoms with Crippen molar-refractivity contribution in [2.75, 3.05) is 27.4 Å². The highest BCUT2D eigenvalue weighted by atomic mass is 35.5. The molecule has 1 aliphatic heterocycles. The van der Waals surface area contributed by atoms with Gasteiger partial charge in [0.2, 0.25) is 0 Å². The van der Waals surface area contributed by atoms with Gasteiger partial charge in [0.05, 0.1) is 26.4 Å². The van der Waals surface area contributed by atoms with E-state index in [1.807, 2.05) is 12.1 Å². The van der Waals surface area contributed by atoms with Crippen LogP contribution in [-0.2, 0) is 16.0 Å². The summed E-state index contributed by atoms with van der Waals surface area (Å²) in [4.78, 5) is 26.8. The van der Waals surface area contributed by atoms with Crippen LogP contribution in [0, 0.1) is 5.92 Å². The van der Waals surface area contributed by atoms with Crippen molar-refractivity contribution in [3.05, 3.63) is 58.6 Å². The summed E-state index contributed by atoms with van der Waals surface area (Å²) >= 11 is 6.26. The zero-order chi connectivity index (χ0) is 22.5. The zero-order valence-electron chi connectivity index (χ0n) is 18.1. The van der Waals surface area contributed by atoms with E-state index in [0.717, 1.165) is 5.56 Å². The quantitative estimate of drug-likeness (QED) is 0.540. The van der Waals surface area contributed by atoms with Gasteiger partial charge in [0.25, 0.3) is 11.8 Å². The van der Waals surface area contributed by atoms with Gasteiger partial charge in [-0.2, -0.15) is 0 Å². The largest absolute Gasteiger partial charge is 0.493 e. The van der Waals surface area contributed by atoms with Gasteiger partial charge in [-0.3, -0.25) is 14.5 Å². The molecule has 2 amide bonds. The van der Waals surface area contributed by atoms with Gasteiger partial charge in [-0.15, -0.1) is 0 Å². The monoisotopic (exact) mass is 443 g/mol. The molecule has 0 spiro atoms. The second-order valence-electron chi connectivity index (χ2n) is 7.62. The lowest BCUT2D eigenvalue weighted by Gasteiger charge is -2.16. The molecule has 6 nitrogen and oxygen atoms in total. The molecule has 31 heavy (non-hydrogen) atoms. The van der Waals surface area contributed by atoms with Crippen LogP contribution in [0.3, 0.4) is 0 Å². The van der Waals surface area contributed by atoms with E-state index in [0.29, 0.717) is 41.8 Å². The SMILES string of the molecule is COc1ccc(CCN2C(=O)C(Cl)=C(c3ccc(OCC(C)C)cc3)C2=O)cc1OC. The van der Waals surface area contributed by atoms with Gasteiger partial charge in [-0.05, 0) is 47.7 Å². The number of nitrogens with zero attached hydrogens (tertiary/aromatic N) is 1. The maximum Gasteiger partial charge on any atom is 0.273 e. The van der Waals surface area contributed by atoms with E-state index in [4.69, 9.17) is 25.8 Å². The number of hydrogen-bond acceptors (Lipinski definition) is 5. The molecule has 164 valence electrons. The maximum absolute atomic E-state index is 13.0. The van der Waals surface area contributed by atoms with Crippen LogP contribution >= 0.6 is 11.6 Å². The number of carbonyl (C=O) groups excluding carboxylic acids is 2. The van der Waals surface area contributed by atoms with Crippen molar-refractivity contribution >= 4 is 29.0 Å². The Balaban J connectivity index is 1.71. The molecule has 3 rings (SSSR count). The molecule has 2 aromatic rings. The number of benzene rings is 2. The summed E-state index contributed by atoms with van der Waals surface area (Å²) in [5, 5.41) is -0.0619. The van der Waals surface area contributed by atoms with Crippen LogP contribution in [0.25, 0.3) is 5.57 Å². The predicted molar refractivity (Wildman–Crippen MR) is 120 cm³/mol. The lowest BCUT2D eigenvalue weighted by atomic mass is 10.1. The first-order chi connectivity index (χ1) is 14.8. The summed E-state index contributed by atoms with van der Waals surface area (Å²) in [5.74, 6) is 1.44. The maximum atomic E-state index is 13.0. The normalized spacial score (nSPS) is 13.9. The van der Waals surface area contributed by atoms with Crippen molar-refractivity contribution in [3.63, 3.8) is 0 Å². The smallest absolute Gasteiger partial charge is 0.273 e. The third kappa shape index (κ3) is 5.02. The van der Waals surface area contributed by atoms with Crippen LogP contribution in [0.4, 0.5) is 0 Å². The molecule has 7 heteroatoms. The number of hydrogen-bond donors (Lipinski definition) is 0. The van der Waals surface area contributed by atoms with Gasteiger partial charge in [0.15, 0.2) is 11.5 Å². The third-order valence-electron chi connectivity index (χ3n) is 4.91. The molecule has 0 unspecified atom stereocenters. The first-order valence-corrected chi connectivity index (χ1v) is 10.4. The highest BCUT2D eigenvalue weighted by Gasteiger charge is 2.37. The van der Waals surface area contributed by atoms with Crippen LogP contribution < -0.4 is 14.2 Å². The highest BCUT2D eigenvalue weighted by molar-refractivity contribution is 6.55. The summed E-state index contributed by atoms with van der Waals surface area (Å²) in [6, 6.07) is 12.5. The lowest BCUT2D eigenvalue weighted by Crippen LogP contribution is -2.33. The van der Waals surface area contributed by atoms with E-state index in [1.165, 1.54) is 4.90 Å². The Kier molecular flexibility index (Phi) is 7.23. The van der Waals surface area contributed by atoms with Gasteiger partial charge < -0.3 is 14.2 Å². The predicted octanol–water partition coefficient (Wildman–Crippen LogP) is 4.30. The second-order valence-corrected chi connectivity index (χ2v) is 8.00. The van der Waals surface area contributed by atoms with Gasteiger partial charge in [0, 0.05) is 6.54 Å². The number of halogens is 1. The summed E-state index contributed by atoms with van der Waals surface area (Å²) in [6.07, 6.45) is 0.470. The first kappa shape index (κ1) is 22.7. The second kappa shape index (κ2) is 9.88. The standard InChI is InChI=1S/C24H26ClNO5/c1-15(2)14-31-18-8-6-17(7-9-18)21-22(25)24(28)26(23(21)27)12-11-16-5-10-19(29-3)20(13-16)30-4/h5-10,13,15H,11-12,14H2,1-4H3. The Morgan fingerprint density at radius 1 is 0.935 bits per heavy atom. The Labute approximate surface area is 187 Å². The molecule has 1 heterocycles. The zero-order valence-corrected chi connectivity index (χ0v) is 18.9. The highest BCUT2D eigenvalue weighted by Crippen LogP contribution is 2.33. The Bertz CT molecular complexity index is 998. The molecule has 0 fully saturated rings. The van der Waals surface area contributed by atoms with E-state index in [2.05, 4.69) is 13.8 Å². The Morgan fingerprint density at radius 3 is 2.23 bits per heavy atom. The van der Waals surface area contributed by atoms with Crippen molar-refractivity contribution in [1.29, 1.82) is 0 Å².